The second-order valence-corrected chi connectivity index (χ2v) is 7.56. The molecule has 0 bridgehead atoms. The highest BCUT2D eigenvalue weighted by Gasteiger charge is 2.23. The number of aryl methyl sites for hydroxylation is 1. The standard InChI is InChI=1S/C15H17BrN2S/c1-10(11-5-7-17-8-6-11)18-13-3-2-4-14-12(13)9-15(16)19-14/h5-10,13,18H,2-4H2,1H3/t10-,13?/m1/s1. The summed E-state index contributed by atoms with van der Waals surface area (Å²) in [5, 5.41) is 3.76. The largest absolute Gasteiger partial charge is 0.303 e. The van der Waals surface area contributed by atoms with Gasteiger partial charge in [0, 0.05) is 29.4 Å². The fourth-order valence-corrected chi connectivity index (χ4v) is 4.56. The lowest BCUT2D eigenvalue weighted by Crippen LogP contribution is -2.27. The molecule has 0 spiro atoms. The second kappa shape index (κ2) is 5.73. The Bertz CT molecular complexity index is 553. The highest BCUT2D eigenvalue weighted by Crippen LogP contribution is 2.38. The van der Waals surface area contributed by atoms with E-state index < -0.39 is 0 Å². The van der Waals surface area contributed by atoms with Crippen LogP contribution in [0.2, 0.25) is 0 Å². The van der Waals surface area contributed by atoms with Crippen molar-refractivity contribution in [2.75, 3.05) is 0 Å². The Kier molecular flexibility index (Phi) is 4.01. The first-order valence-electron chi connectivity index (χ1n) is 6.68. The van der Waals surface area contributed by atoms with Gasteiger partial charge < -0.3 is 5.32 Å². The van der Waals surface area contributed by atoms with Crippen LogP contribution in [0.5, 0.6) is 0 Å². The Morgan fingerprint density at radius 2 is 2.21 bits per heavy atom. The first-order valence-corrected chi connectivity index (χ1v) is 8.29. The molecule has 2 atom stereocenters. The quantitative estimate of drug-likeness (QED) is 0.883. The average molecular weight is 337 g/mol. The maximum absolute atomic E-state index is 4.08. The number of aromatic nitrogens is 1. The number of rotatable bonds is 3. The van der Waals surface area contributed by atoms with Gasteiger partial charge in [-0.2, -0.15) is 0 Å². The summed E-state index contributed by atoms with van der Waals surface area (Å²) in [6.45, 7) is 2.23. The zero-order valence-corrected chi connectivity index (χ0v) is 13.3. The maximum atomic E-state index is 4.08. The maximum Gasteiger partial charge on any atom is 0.0704 e. The van der Waals surface area contributed by atoms with E-state index in [1.165, 1.54) is 39.1 Å². The van der Waals surface area contributed by atoms with E-state index in [1.54, 1.807) is 0 Å². The van der Waals surface area contributed by atoms with Crippen LogP contribution in [0.25, 0.3) is 0 Å². The highest BCUT2D eigenvalue weighted by atomic mass is 79.9. The number of halogens is 1. The summed E-state index contributed by atoms with van der Waals surface area (Å²) in [5.74, 6) is 0. The molecule has 3 rings (SSSR count). The molecule has 4 heteroatoms. The Balaban J connectivity index is 1.77. The molecule has 0 fully saturated rings. The molecule has 0 aromatic carbocycles. The number of pyridine rings is 1. The lowest BCUT2D eigenvalue weighted by atomic mass is 9.93. The van der Waals surface area contributed by atoms with Crippen molar-refractivity contribution in [1.82, 2.24) is 10.3 Å². The number of hydrogen-bond acceptors (Lipinski definition) is 3. The molecule has 1 aliphatic carbocycles. The fourth-order valence-electron chi connectivity index (χ4n) is 2.74. The van der Waals surface area contributed by atoms with Crippen molar-refractivity contribution in [1.29, 1.82) is 0 Å². The average Bonchev–Trinajstić information content (AvgIpc) is 2.81. The van der Waals surface area contributed by atoms with Gasteiger partial charge in [0.1, 0.15) is 0 Å². The van der Waals surface area contributed by atoms with E-state index in [1.807, 2.05) is 23.7 Å². The van der Waals surface area contributed by atoms with Crippen molar-refractivity contribution < 1.29 is 0 Å². The molecule has 2 aromatic heterocycles. The summed E-state index contributed by atoms with van der Waals surface area (Å²) < 4.78 is 1.25. The third-order valence-electron chi connectivity index (χ3n) is 3.74. The van der Waals surface area contributed by atoms with E-state index in [0.29, 0.717) is 12.1 Å². The Morgan fingerprint density at radius 3 is 3.00 bits per heavy atom. The van der Waals surface area contributed by atoms with Gasteiger partial charge >= 0.3 is 0 Å². The van der Waals surface area contributed by atoms with Crippen LogP contribution in [-0.2, 0) is 6.42 Å². The summed E-state index contributed by atoms with van der Waals surface area (Å²) in [6, 6.07) is 7.30. The molecule has 19 heavy (non-hydrogen) atoms. The number of thiophene rings is 1. The molecule has 1 unspecified atom stereocenters. The van der Waals surface area contributed by atoms with Crippen LogP contribution in [0.15, 0.2) is 34.4 Å². The fraction of sp³-hybridized carbons (Fsp3) is 0.400. The first kappa shape index (κ1) is 13.3. The molecule has 1 aliphatic rings. The summed E-state index contributed by atoms with van der Waals surface area (Å²) in [6.07, 6.45) is 7.46. The molecule has 0 saturated carbocycles. The monoisotopic (exact) mass is 336 g/mol. The van der Waals surface area contributed by atoms with Crippen LogP contribution >= 0.6 is 27.3 Å². The lowest BCUT2D eigenvalue weighted by Gasteiger charge is -2.27. The van der Waals surface area contributed by atoms with E-state index in [9.17, 15) is 0 Å². The highest BCUT2D eigenvalue weighted by molar-refractivity contribution is 9.11. The van der Waals surface area contributed by atoms with E-state index in [-0.39, 0.29) is 0 Å². The molecule has 2 aromatic rings. The Hall–Kier alpha value is -0.710. The van der Waals surface area contributed by atoms with Crippen molar-refractivity contribution in [3.63, 3.8) is 0 Å². The van der Waals surface area contributed by atoms with Gasteiger partial charge in [-0.1, -0.05) is 0 Å². The predicted octanol–water partition coefficient (Wildman–Crippen LogP) is 4.63. The van der Waals surface area contributed by atoms with E-state index >= 15 is 0 Å². The normalized spacial score (nSPS) is 20.0. The summed E-state index contributed by atoms with van der Waals surface area (Å²) in [4.78, 5) is 5.62. The summed E-state index contributed by atoms with van der Waals surface area (Å²) in [5.41, 5.74) is 2.79. The minimum absolute atomic E-state index is 0.359. The SMILES string of the molecule is C[C@@H](NC1CCCc2sc(Br)cc21)c1ccncc1. The lowest BCUT2D eigenvalue weighted by molar-refractivity contribution is 0.418. The molecule has 0 saturated heterocycles. The van der Waals surface area contributed by atoms with Crippen molar-refractivity contribution >= 4 is 27.3 Å². The predicted molar refractivity (Wildman–Crippen MR) is 83.5 cm³/mol. The van der Waals surface area contributed by atoms with Crippen LogP contribution in [-0.4, -0.2) is 4.98 Å². The van der Waals surface area contributed by atoms with Crippen LogP contribution in [0.1, 0.15) is 47.9 Å². The van der Waals surface area contributed by atoms with Crippen LogP contribution in [0.3, 0.4) is 0 Å². The third kappa shape index (κ3) is 2.91. The molecule has 0 aliphatic heterocycles. The number of hydrogen-bond donors (Lipinski definition) is 1. The van der Waals surface area contributed by atoms with Crippen LogP contribution in [0.4, 0.5) is 0 Å². The summed E-state index contributed by atoms with van der Waals surface area (Å²) in [7, 11) is 0. The van der Waals surface area contributed by atoms with Gasteiger partial charge in [-0.3, -0.25) is 4.98 Å². The molecule has 2 nitrogen and oxygen atoms in total. The van der Waals surface area contributed by atoms with Gasteiger partial charge in [0.2, 0.25) is 0 Å². The van der Waals surface area contributed by atoms with E-state index in [2.05, 4.69) is 51.4 Å². The number of nitrogens with zero attached hydrogens (tertiary/aromatic N) is 1. The Labute approximate surface area is 126 Å². The van der Waals surface area contributed by atoms with Gasteiger partial charge in [0.15, 0.2) is 0 Å². The molecule has 1 N–H and O–H groups in total. The molecule has 2 heterocycles. The van der Waals surface area contributed by atoms with Crippen molar-refractivity contribution in [2.45, 2.75) is 38.3 Å². The van der Waals surface area contributed by atoms with Gasteiger partial charge in [-0.05, 0) is 71.4 Å². The van der Waals surface area contributed by atoms with Gasteiger partial charge in [-0.25, -0.2) is 0 Å². The molecule has 0 radical (unpaired) electrons. The minimum atomic E-state index is 0.359. The zero-order valence-electron chi connectivity index (χ0n) is 10.9. The molecule has 0 amide bonds. The van der Waals surface area contributed by atoms with Crippen LogP contribution in [0, 0.1) is 0 Å². The van der Waals surface area contributed by atoms with Crippen LogP contribution < -0.4 is 5.32 Å². The van der Waals surface area contributed by atoms with Gasteiger partial charge in [0.25, 0.3) is 0 Å². The molecule has 100 valence electrons. The van der Waals surface area contributed by atoms with Crippen molar-refractivity contribution in [3.05, 3.63) is 50.4 Å². The first-order chi connectivity index (χ1) is 9.24. The third-order valence-corrected chi connectivity index (χ3v) is 5.45. The van der Waals surface area contributed by atoms with Crippen molar-refractivity contribution in [2.24, 2.45) is 0 Å². The van der Waals surface area contributed by atoms with Gasteiger partial charge in [-0.15, -0.1) is 11.3 Å². The zero-order chi connectivity index (χ0) is 13.2. The van der Waals surface area contributed by atoms with Crippen molar-refractivity contribution in [3.8, 4) is 0 Å². The van der Waals surface area contributed by atoms with Gasteiger partial charge in [0.05, 0.1) is 3.79 Å². The molecular weight excluding hydrogens is 320 g/mol. The number of fused-ring (bicyclic) bond motifs is 1. The second-order valence-electron chi connectivity index (χ2n) is 5.04. The van der Waals surface area contributed by atoms with E-state index in [4.69, 9.17) is 0 Å². The molecular formula is C15H17BrN2S. The summed E-state index contributed by atoms with van der Waals surface area (Å²) >= 11 is 5.50. The number of nitrogens with one attached hydrogen (secondary N) is 1. The Morgan fingerprint density at radius 1 is 1.42 bits per heavy atom. The van der Waals surface area contributed by atoms with E-state index in [0.717, 1.165) is 0 Å². The smallest absolute Gasteiger partial charge is 0.0704 e. The minimum Gasteiger partial charge on any atom is -0.303 e. The topological polar surface area (TPSA) is 24.9 Å².